The Morgan fingerprint density at radius 1 is 1.00 bits per heavy atom. The Morgan fingerprint density at radius 3 is 2.33 bits per heavy atom. The SMILES string of the molecule is Cc1ccc(C)c(OCCOc2ccc(C(=N)N)cc2)c1. The molecule has 0 spiro atoms. The highest BCUT2D eigenvalue weighted by Crippen LogP contribution is 2.19. The second-order valence-electron chi connectivity index (χ2n) is 4.90. The summed E-state index contributed by atoms with van der Waals surface area (Å²) in [6.07, 6.45) is 0. The number of hydrogen-bond acceptors (Lipinski definition) is 3. The highest BCUT2D eigenvalue weighted by atomic mass is 16.5. The molecule has 0 saturated heterocycles. The maximum atomic E-state index is 7.32. The van der Waals surface area contributed by atoms with Gasteiger partial charge in [-0.25, -0.2) is 0 Å². The largest absolute Gasteiger partial charge is 0.490 e. The van der Waals surface area contributed by atoms with Crippen LogP contribution in [0.15, 0.2) is 42.5 Å². The van der Waals surface area contributed by atoms with Crippen molar-refractivity contribution < 1.29 is 9.47 Å². The molecule has 0 aromatic heterocycles. The number of aryl methyl sites for hydroxylation is 2. The van der Waals surface area contributed by atoms with Crippen LogP contribution in [0, 0.1) is 19.3 Å². The Bertz CT molecular complexity index is 621. The quantitative estimate of drug-likeness (QED) is 0.486. The van der Waals surface area contributed by atoms with Gasteiger partial charge in [-0.3, -0.25) is 5.41 Å². The molecule has 3 N–H and O–H groups in total. The summed E-state index contributed by atoms with van der Waals surface area (Å²) in [7, 11) is 0. The third kappa shape index (κ3) is 4.24. The first kappa shape index (κ1) is 14.9. The van der Waals surface area contributed by atoms with Crippen LogP contribution in [0.25, 0.3) is 0 Å². The Hall–Kier alpha value is -2.49. The zero-order chi connectivity index (χ0) is 15.2. The molecule has 2 aromatic carbocycles. The Kier molecular flexibility index (Phi) is 4.82. The van der Waals surface area contributed by atoms with Crippen molar-refractivity contribution in [2.75, 3.05) is 13.2 Å². The fourth-order valence-corrected chi connectivity index (χ4v) is 1.90. The van der Waals surface area contributed by atoms with E-state index in [2.05, 4.69) is 6.07 Å². The lowest BCUT2D eigenvalue weighted by Gasteiger charge is -2.11. The predicted octanol–water partition coefficient (Wildman–Crippen LogP) is 3.05. The van der Waals surface area contributed by atoms with Gasteiger partial charge in [-0.2, -0.15) is 0 Å². The highest BCUT2D eigenvalue weighted by molar-refractivity contribution is 5.94. The van der Waals surface area contributed by atoms with E-state index in [0.717, 1.165) is 17.1 Å². The van der Waals surface area contributed by atoms with Crippen molar-refractivity contribution in [1.82, 2.24) is 0 Å². The fourth-order valence-electron chi connectivity index (χ4n) is 1.90. The molecule has 4 nitrogen and oxygen atoms in total. The topological polar surface area (TPSA) is 68.3 Å². The van der Waals surface area contributed by atoms with Crippen LogP contribution >= 0.6 is 0 Å². The number of ether oxygens (including phenoxy) is 2. The number of nitrogens with one attached hydrogen (secondary N) is 1. The molecule has 2 aromatic rings. The molecule has 4 heteroatoms. The summed E-state index contributed by atoms with van der Waals surface area (Å²) in [5, 5.41) is 7.32. The van der Waals surface area contributed by atoms with E-state index >= 15 is 0 Å². The third-order valence-corrected chi connectivity index (χ3v) is 3.12. The van der Waals surface area contributed by atoms with Crippen molar-refractivity contribution in [3.63, 3.8) is 0 Å². The average Bonchev–Trinajstić information content (AvgIpc) is 2.47. The van der Waals surface area contributed by atoms with Crippen LogP contribution in [0.5, 0.6) is 11.5 Å². The number of amidine groups is 1. The van der Waals surface area contributed by atoms with Crippen LogP contribution in [0.3, 0.4) is 0 Å². The van der Waals surface area contributed by atoms with Crippen molar-refractivity contribution in [3.05, 3.63) is 59.2 Å². The number of rotatable bonds is 6. The van der Waals surface area contributed by atoms with Gasteiger partial charge < -0.3 is 15.2 Å². The Morgan fingerprint density at radius 2 is 1.67 bits per heavy atom. The van der Waals surface area contributed by atoms with Crippen LogP contribution in [-0.2, 0) is 0 Å². The highest BCUT2D eigenvalue weighted by Gasteiger charge is 2.01. The van der Waals surface area contributed by atoms with Gasteiger partial charge in [-0.15, -0.1) is 0 Å². The van der Waals surface area contributed by atoms with Crippen molar-refractivity contribution in [2.45, 2.75) is 13.8 Å². The van der Waals surface area contributed by atoms with E-state index in [1.54, 1.807) is 24.3 Å². The van der Waals surface area contributed by atoms with Crippen molar-refractivity contribution in [3.8, 4) is 11.5 Å². The smallest absolute Gasteiger partial charge is 0.122 e. The Labute approximate surface area is 125 Å². The van der Waals surface area contributed by atoms with Crippen LogP contribution in [0.1, 0.15) is 16.7 Å². The van der Waals surface area contributed by atoms with E-state index in [1.807, 2.05) is 26.0 Å². The molecule has 0 atom stereocenters. The molecule has 0 unspecified atom stereocenters. The lowest BCUT2D eigenvalue weighted by atomic mass is 10.1. The first-order valence-corrected chi connectivity index (χ1v) is 6.83. The second kappa shape index (κ2) is 6.79. The normalized spacial score (nSPS) is 10.2. The second-order valence-corrected chi connectivity index (χ2v) is 4.90. The molecule has 0 heterocycles. The summed E-state index contributed by atoms with van der Waals surface area (Å²) in [6, 6.07) is 13.3. The van der Waals surface area contributed by atoms with Gasteiger partial charge in [0.05, 0.1) is 0 Å². The molecule has 21 heavy (non-hydrogen) atoms. The molecule has 0 amide bonds. The van der Waals surface area contributed by atoms with Gasteiger partial charge in [0.25, 0.3) is 0 Å². The van der Waals surface area contributed by atoms with Crippen molar-refractivity contribution in [2.24, 2.45) is 5.73 Å². The van der Waals surface area contributed by atoms with Crippen LogP contribution < -0.4 is 15.2 Å². The maximum absolute atomic E-state index is 7.32. The number of nitrogen functional groups attached to an aromatic ring is 1. The van der Waals surface area contributed by atoms with Crippen LogP contribution in [0.4, 0.5) is 0 Å². The van der Waals surface area contributed by atoms with Gasteiger partial charge >= 0.3 is 0 Å². The van der Waals surface area contributed by atoms with Crippen LogP contribution in [-0.4, -0.2) is 19.0 Å². The van der Waals surface area contributed by atoms with Gasteiger partial charge in [0, 0.05) is 5.56 Å². The molecule has 2 rings (SSSR count). The summed E-state index contributed by atoms with van der Waals surface area (Å²) < 4.78 is 11.3. The number of nitrogens with two attached hydrogens (primary N) is 1. The average molecular weight is 284 g/mol. The van der Waals surface area contributed by atoms with E-state index in [0.29, 0.717) is 18.8 Å². The lowest BCUT2D eigenvalue weighted by molar-refractivity contribution is 0.216. The Balaban J connectivity index is 1.81. The van der Waals surface area contributed by atoms with Gasteiger partial charge in [-0.05, 0) is 55.3 Å². The summed E-state index contributed by atoms with van der Waals surface area (Å²) in [5.41, 5.74) is 8.38. The summed E-state index contributed by atoms with van der Waals surface area (Å²) in [6.45, 7) is 5.01. The summed E-state index contributed by atoms with van der Waals surface area (Å²) in [5.74, 6) is 1.69. The standard InChI is InChI=1S/C17H20N2O2/c1-12-3-4-13(2)16(11-12)21-10-9-20-15-7-5-14(6-8-15)17(18)19/h3-8,11H,9-10H2,1-2H3,(H3,18,19). The van der Waals surface area contributed by atoms with Crippen molar-refractivity contribution >= 4 is 5.84 Å². The van der Waals surface area contributed by atoms with E-state index < -0.39 is 0 Å². The molecule has 110 valence electrons. The zero-order valence-corrected chi connectivity index (χ0v) is 12.3. The van der Waals surface area contributed by atoms with E-state index in [-0.39, 0.29) is 5.84 Å². The minimum atomic E-state index is 0.0554. The summed E-state index contributed by atoms with van der Waals surface area (Å²) in [4.78, 5) is 0. The van der Waals surface area contributed by atoms with E-state index in [4.69, 9.17) is 20.6 Å². The van der Waals surface area contributed by atoms with E-state index in [9.17, 15) is 0 Å². The molecule has 0 fully saturated rings. The number of benzene rings is 2. The fraction of sp³-hybridized carbons (Fsp3) is 0.235. The van der Waals surface area contributed by atoms with Gasteiger partial charge in [0.2, 0.25) is 0 Å². The lowest BCUT2D eigenvalue weighted by Crippen LogP contribution is -2.11. The first-order valence-electron chi connectivity index (χ1n) is 6.83. The zero-order valence-electron chi connectivity index (χ0n) is 12.3. The van der Waals surface area contributed by atoms with Gasteiger partial charge in [-0.1, -0.05) is 12.1 Å². The van der Waals surface area contributed by atoms with E-state index in [1.165, 1.54) is 5.56 Å². The molecule has 0 aliphatic carbocycles. The minimum absolute atomic E-state index is 0.0554. The molecule has 0 aliphatic heterocycles. The monoisotopic (exact) mass is 284 g/mol. The molecule has 0 saturated carbocycles. The first-order chi connectivity index (χ1) is 10.1. The molecule has 0 aliphatic rings. The van der Waals surface area contributed by atoms with Crippen molar-refractivity contribution in [1.29, 1.82) is 5.41 Å². The molecular formula is C17H20N2O2. The maximum Gasteiger partial charge on any atom is 0.122 e. The molecule has 0 bridgehead atoms. The van der Waals surface area contributed by atoms with Crippen LogP contribution in [0.2, 0.25) is 0 Å². The minimum Gasteiger partial charge on any atom is -0.490 e. The number of hydrogen-bond donors (Lipinski definition) is 2. The molecule has 0 radical (unpaired) electrons. The van der Waals surface area contributed by atoms with Gasteiger partial charge in [0.15, 0.2) is 0 Å². The third-order valence-electron chi connectivity index (χ3n) is 3.12. The molecular weight excluding hydrogens is 264 g/mol. The predicted molar refractivity (Wildman–Crippen MR) is 84.4 cm³/mol. The van der Waals surface area contributed by atoms with Gasteiger partial charge in [0.1, 0.15) is 30.5 Å². The summed E-state index contributed by atoms with van der Waals surface area (Å²) >= 11 is 0.